The predicted octanol–water partition coefficient (Wildman–Crippen LogP) is 2.66. The molecule has 0 aromatic heterocycles. The second-order valence-corrected chi connectivity index (χ2v) is 4.71. The molecule has 0 saturated heterocycles. The molecule has 2 aromatic rings. The summed E-state index contributed by atoms with van der Waals surface area (Å²) in [6, 6.07) is 11.2. The van der Waals surface area contributed by atoms with Gasteiger partial charge in [0, 0.05) is 11.3 Å². The van der Waals surface area contributed by atoms with Crippen molar-refractivity contribution in [2.75, 3.05) is 5.32 Å². The Morgan fingerprint density at radius 3 is 2.58 bits per heavy atom. The minimum absolute atomic E-state index is 0.131. The van der Waals surface area contributed by atoms with Crippen LogP contribution in [-0.2, 0) is 11.1 Å². The van der Waals surface area contributed by atoms with E-state index in [4.69, 9.17) is 4.55 Å². The van der Waals surface area contributed by atoms with E-state index in [1.54, 1.807) is 6.07 Å². The molecule has 2 rings (SSSR count). The average Bonchev–Trinajstić information content (AvgIpc) is 2.39. The molecule has 0 bridgehead atoms. The molecule has 1 unspecified atom stereocenters. The highest BCUT2D eigenvalue weighted by Crippen LogP contribution is 2.13. The standard InChI is InChI=1S/C13H10FNO3S/c14-10-4-2-5-11(8-10)15-13(16)9-3-1-6-12(7-9)19(17)18/h1-8H,(H,15,16)(H,17,18). The number of hydrogen-bond donors (Lipinski definition) is 2. The Morgan fingerprint density at radius 1 is 1.16 bits per heavy atom. The van der Waals surface area contributed by atoms with Crippen LogP contribution in [0, 0.1) is 5.82 Å². The minimum Gasteiger partial charge on any atom is -0.322 e. The van der Waals surface area contributed by atoms with Gasteiger partial charge in [0.1, 0.15) is 5.82 Å². The quantitative estimate of drug-likeness (QED) is 0.849. The van der Waals surface area contributed by atoms with Crippen molar-refractivity contribution in [2.24, 2.45) is 0 Å². The van der Waals surface area contributed by atoms with Crippen LogP contribution in [0.2, 0.25) is 0 Å². The lowest BCUT2D eigenvalue weighted by atomic mass is 10.2. The van der Waals surface area contributed by atoms with E-state index < -0.39 is 22.8 Å². The SMILES string of the molecule is O=C(Nc1cccc(F)c1)c1cccc(S(=O)O)c1. The van der Waals surface area contributed by atoms with Crippen molar-refractivity contribution in [1.29, 1.82) is 0 Å². The Hall–Kier alpha value is -2.05. The molecule has 0 aliphatic heterocycles. The molecule has 0 fully saturated rings. The molecule has 6 heteroatoms. The highest BCUT2D eigenvalue weighted by atomic mass is 32.2. The van der Waals surface area contributed by atoms with Crippen molar-refractivity contribution in [3.63, 3.8) is 0 Å². The van der Waals surface area contributed by atoms with Crippen LogP contribution in [0.4, 0.5) is 10.1 Å². The molecular formula is C13H10FNO3S. The third-order valence-electron chi connectivity index (χ3n) is 2.38. The first kappa shape index (κ1) is 13.4. The van der Waals surface area contributed by atoms with Gasteiger partial charge in [-0.25, -0.2) is 8.60 Å². The van der Waals surface area contributed by atoms with E-state index in [2.05, 4.69) is 5.32 Å². The second-order valence-electron chi connectivity index (χ2n) is 3.74. The van der Waals surface area contributed by atoms with Crippen LogP contribution in [0.15, 0.2) is 53.4 Å². The zero-order valence-corrected chi connectivity index (χ0v) is 10.5. The molecule has 0 aliphatic carbocycles. The summed E-state index contributed by atoms with van der Waals surface area (Å²) < 4.78 is 32.8. The number of amides is 1. The average molecular weight is 279 g/mol. The van der Waals surface area contributed by atoms with Crippen LogP contribution >= 0.6 is 0 Å². The zero-order chi connectivity index (χ0) is 13.8. The van der Waals surface area contributed by atoms with E-state index in [9.17, 15) is 13.4 Å². The van der Waals surface area contributed by atoms with Gasteiger partial charge in [-0.15, -0.1) is 0 Å². The van der Waals surface area contributed by atoms with Gasteiger partial charge in [-0.1, -0.05) is 12.1 Å². The van der Waals surface area contributed by atoms with Crippen LogP contribution in [0.25, 0.3) is 0 Å². The van der Waals surface area contributed by atoms with Gasteiger partial charge in [0.05, 0.1) is 4.90 Å². The number of nitrogens with one attached hydrogen (secondary N) is 1. The molecule has 0 spiro atoms. The fraction of sp³-hybridized carbons (Fsp3) is 0. The minimum atomic E-state index is -2.15. The first-order valence-electron chi connectivity index (χ1n) is 5.34. The summed E-state index contributed by atoms with van der Waals surface area (Å²) in [4.78, 5) is 12.0. The maximum Gasteiger partial charge on any atom is 0.255 e. The lowest BCUT2D eigenvalue weighted by molar-refractivity contribution is 0.102. The summed E-state index contributed by atoms with van der Waals surface area (Å²) in [6.45, 7) is 0. The Bertz CT molecular complexity index is 645. The van der Waals surface area contributed by atoms with E-state index in [0.29, 0.717) is 5.69 Å². The second kappa shape index (κ2) is 5.73. The molecule has 1 atom stereocenters. The van der Waals surface area contributed by atoms with Crippen molar-refractivity contribution >= 4 is 22.7 Å². The van der Waals surface area contributed by atoms with Gasteiger partial charge in [-0.2, -0.15) is 0 Å². The number of halogens is 1. The molecule has 19 heavy (non-hydrogen) atoms. The van der Waals surface area contributed by atoms with Crippen molar-refractivity contribution in [3.05, 3.63) is 59.9 Å². The van der Waals surface area contributed by atoms with E-state index in [-0.39, 0.29) is 10.5 Å². The van der Waals surface area contributed by atoms with Gasteiger partial charge >= 0.3 is 0 Å². The smallest absolute Gasteiger partial charge is 0.255 e. The molecule has 0 aliphatic rings. The molecule has 2 N–H and O–H groups in total. The largest absolute Gasteiger partial charge is 0.322 e. The first-order valence-corrected chi connectivity index (χ1v) is 6.45. The van der Waals surface area contributed by atoms with Gasteiger partial charge in [0.2, 0.25) is 0 Å². The van der Waals surface area contributed by atoms with E-state index in [0.717, 1.165) is 0 Å². The molecule has 98 valence electrons. The molecule has 4 nitrogen and oxygen atoms in total. The van der Waals surface area contributed by atoms with Crippen molar-refractivity contribution in [2.45, 2.75) is 4.90 Å². The highest BCUT2D eigenvalue weighted by Gasteiger charge is 2.09. The predicted molar refractivity (Wildman–Crippen MR) is 69.8 cm³/mol. The topological polar surface area (TPSA) is 66.4 Å². The Balaban J connectivity index is 2.20. The third-order valence-corrected chi connectivity index (χ3v) is 3.04. The summed E-state index contributed by atoms with van der Waals surface area (Å²) in [6.07, 6.45) is 0. The van der Waals surface area contributed by atoms with Crippen molar-refractivity contribution in [3.8, 4) is 0 Å². The molecule has 0 saturated carbocycles. The summed E-state index contributed by atoms with van der Waals surface area (Å²) >= 11 is -2.15. The highest BCUT2D eigenvalue weighted by molar-refractivity contribution is 7.79. The van der Waals surface area contributed by atoms with Crippen LogP contribution in [0.5, 0.6) is 0 Å². The van der Waals surface area contributed by atoms with E-state index >= 15 is 0 Å². The summed E-state index contributed by atoms with van der Waals surface area (Å²) in [5.74, 6) is -0.930. The maximum absolute atomic E-state index is 13.0. The van der Waals surface area contributed by atoms with E-state index in [1.807, 2.05) is 0 Å². The van der Waals surface area contributed by atoms with Crippen molar-refractivity contribution in [1.82, 2.24) is 0 Å². The summed E-state index contributed by atoms with van der Waals surface area (Å²) in [7, 11) is 0. The number of anilines is 1. The fourth-order valence-electron chi connectivity index (χ4n) is 1.52. The van der Waals surface area contributed by atoms with Crippen molar-refractivity contribution < 1.29 is 17.9 Å². The van der Waals surface area contributed by atoms with Crippen LogP contribution in [-0.4, -0.2) is 14.7 Å². The molecule has 0 radical (unpaired) electrons. The van der Waals surface area contributed by atoms with Crippen LogP contribution in [0.3, 0.4) is 0 Å². The third kappa shape index (κ3) is 3.46. The summed E-state index contributed by atoms with van der Waals surface area (Å²) in [5, 5.41) is 2.51. The van der Waals surface area contributed by atoms with Crippen LogP contribution in [0.1, 0.15) is 10.4 Å². The molecule has 0 heterocycles. The number of rotatable bonds is 3. The van der Waals surface area contributed by atoms with Gasteiger partial charge in [-0.05, 0) is 36.4 Å². The maximum atomic E-state index is 13.0. The van der Waals surface area contributed by atoms with Gasteiger partial charge < -0.3 is 9.87 Å². The van der Waals surface area contributed by atoms with Gasteiger partial charge in [0.15, 0.2) is 11.1 Å². The first-order chi connectivity index (χ1) is 9.06. The number of hydrogen-bond acceptors (Lipinski definition) is 2. The normalized spacial score (nSPS) is 11.9. The molecule has 1 amide bonds. The fourth-order valence-corrected chi connectivity index (χ4v) is 1.94. The number of carbonyl (C=O) groups is 1. The van der Waals surface area contributed by atoms with E-state index in [1.165, 1.54) is 42.5 Å². The lowest BCUT2D eigenvalue weighted by Gasteiger charge is -2.06. The van der Waals surface area contributed by atoms with Crippen LogP contribution < -0.4 is 5.32 Å². The van der Waals surface area contributed by atoms with Gasteiger partial charge in [-0.3, -0.25) is 4.79 Å². The monoisotopic (exact) mass is 279 g/mol. The lowest BCUT2D eigenvalue weighted by Crippen LogP contribution is -2.12. The Morgan fingerprint density at radius 2 is 1.89 bits per heavy atom. The molecule has 2 aromatic carbocycles. The number of benzene rings is 2. The zero-order valence-electron chi connectivity index (χ0n) is 9.67. The molecular weight excluding hydrogens is 269 g/mol. The Kier molecular flexibility index (Phi) is 4.03. The van der Waals surface area contributed by atoms with Gasteiger partial charge in [0.25, 0.3) is 5.91 Å². The Labute approximate surface area is 111 Å². The summed E-state index contributed by atoms with van der Waals surface area (Å²) in [5.41, 5.74) is 0.546. The number of carbonyl (C=O) groups excluding carboxylic acids is 1.